The summed E-state index contributed by atoms with van der Waals surface area (Å²) in [6.07, 6.45) is 0.550. The Morgan fingerprint density at radius 2 is 1.87 bits per heavy atom. The van der Waals surface area contributed by atoms with Gasteiger partial charge in [0.15, 0.2) is 0 Å². The van der Waals surface area contributed by atoms with Crippen molar-refractivity contribution in [2.75, 3.05) is 13.7 Å². The molecular weight excluding hydrogens is 376 g/mol. The molecule has 1 heterocycles. The Labute approximate surface area is 177 Å². The molecule has 0 fully saturated rings. The zero-order valence-electron chi connectivity index (χ0n) is 17.8. The van der Waals surface area contributed by atoms with Crippen molar-refractivity contribution in [1.82, 2.24) is 4.57 Å². The highest BCUT2D eigenvalue weighted by Gasteiger charge is 2.20. The van der Waals surface area contributed by atoms with Gasteiger partial charge in [0.2, 0.25) is 0 Å². The number of aryl methyl sites for hydroxylation is 1. The number of esters is 1. The molecule has 0 bridgehead atoms. The first-order chi connectivity index (χ1) is 14.5. The number of carbonyl (C=O) groups is 1. The minimum atomic E-state index is -0.263. The predicted molar refractivity (Wildman–Crippen MR) is 117 cm³/mol. The number of benzene rings is 2. The van der Waals surface area contributed by atoms with Crippen molar-refractivity contribution in [2.45, 2.75) is 27.2 Å². The molecule has 2 aromatic carbocycles. The summed E-state index contributed by atoms with van der Waals surface area (Å²) >= 11 is 0. The fraction of sp³-hybridized carbons (Fsp3) is 0.280. The molecule has 0 saturated heterocycles. The summed E-state index contributed by atoms with van der Waals surface area (Å²) in [5, 5.41) is 9.23. The van der Waals surface area contributed by atoms with Crippen molar-refractivity contribution in [3.8, 4) is 28.8 Å². The van der Waals surface area contributed by atoms with E-state index in [9.17, 15) is 10.1 Å². The topological polar surface area (TPSA) is 64.2 Å². The molecule has 0 aliphatic carbocycles. The molecule has 1 unspecified atom stereocenters. The van der Waals surface area contributed by atoms with Crippen LogP contribution in [0.4, 0.5) is 0 Å². The predicted octanol–water partition coefficient (Wildman–Crippen LogP) is 5.07. The third-order valence-corrected chi connectivity index (χ3v) is 5.12. The molecule has 0 radical (unpaired) electrons. The van der Waals surface area contributed by atoms with Crippen LogP contribution in [0, 0.1) is 24.2 Å². The number of carbonyl (C=O) groups excluding carboxylic acids is 1. The van der Waals surface area contributed by atoms with E-state index in [4.69, 9.17) is 9.47 Å². The quantitative estimate of drug-likeness (QED) is 0.517. The summed E-state index contributed by atoms with van der Waals surface area (Å²) in [5.74, 6) is 0.330. The van der Waals surface area contributed by atoms with Gasteiger partial charge >= 0.3 is 5.97 Å². The van der Waals surface area contributed by atoms with Crippen LogP contribution in [0.3, 0.4) is 0 Å². The summed E-state index contributed by atoms with van der Waals surface area (Å²) in [5.41, 5.74) is 5.65. The molecule has 0 saturated carbocycles. The monoisotopic (exact) mass is 402 g/mol. The minimum Gasteiger partial charge on any atom is -0.497 e. The van der Waals surface area contributed by atoms with E-state index in [1.165, 1.54) is 0 Å². The van der Waals surface area contributed by atoms with Gasteiger partial charge in [0, 0.05) is 17.8 Å². The van der Waals surface area contributed by atoms with Crippen molar-refractivity contribution in [3.05, 3.63) is 71.4 Å². The molecule has 0 aliphatic rings. The Balaban J connectivity index is 2.10. The average Bonchev–Trinajstić information content (AvgIpc) is 3.16. The van der Waals surface area contributed by atoms with Crippen molar-refractivity contribution >= 4 is 5.97 Å². The van der Waals surface area contributed by atoms with Crippen molar-refractivity contribution < 1.29 is 14.3 Å². The zero-order chi connectivity index (χ0) is 21.7. The molecule has 30 heavy (non-hydrogen) atoms. The Bertz CT molecular complexity index is 1070. The van der Waals surface area contributed by atoms with Gasteiger partial charge in [-0.2, -0.15) is 5.26 Å². The van der Waals surface area contributed by atoms with Crippen molar-refractivity contribution in [1.29, 1.82) is 5.26 Å². The van der Waals surface area contributed by atoms with Crippen LogP contribution in [-0.2, 0) is 16.0 Å². The van der Waals surface area contributed by atoms with Gasteiger partial charge in [-0.05, 0) is 79.6 Å². The number of nitriles is 1. The van der Waals surface area contributed by atoms with Gasteiger partial charge in [0.05, 0.1) is 37.0 Å². The molecule has 0 spiro atoms. The van der Waals surface area contributed by atoms with Crippen LogP contribution in [0.15, 0.2) is 54.6 Å². The molecule has 5 nitrogen and oxygen atoms in total. The van der Waals surface area contributed by atoms with Crippen LogP contribution >= 0.6 is 0 Å². The maximum atomic E-state index is 12.2. The summed E-state index contributed by atoms with van der Waals surface area (Å²) in [6, 6.07) is 19.8. The van der Waals surface area contributed by atoms with Gasteiger partial charge in [0.25, 0.3) is 0 Å². The van der Waals surface area contributed by atoms with Crippen molar-refractivity contribution in [3.63, 3.8) is 0 Å². The summed E-state index contributed by atoms with van der Waals surface area (Å²) in [4.78, 5) is 12.2. The minimum absolute atomic E-state index is 0.201. The highest BCUT2D eigenvalue weighted by atomic mass is 16.5. The Hall–Kier alpha value is -3.52. The van der Waals surface area contributed by atoms with E-state index in [0.717, 1.165) is 34.0 Å². The number of ether oxygens (including phenoxy) is 2. The average molecular weight is 402 g/mol. The summed E-state index contributed by atoms with van der Waals surface area (Å²) in [7, 11) is 1.65. The second-order valence-electron chi connectivity index (χ2n) is 7.24. The molecule has 1 atom stereocenters. The first kappa shape index (κ1) is 21.2. The molecule has 0 amide bonds. The number of hydrogen-bond acceptors (Lipinski definition) is 4. The summed E-state index contributed by atoms with van der Waals surface area (Å²) < 4.78 is 12.6. The van der Waals surface area contributed by atoms with Gasteiger partial charge < -0.3 is 14.0 Å². The number of aromatic nitrogens is 1. The lowest BCUT2D eigenvalue weighted by atomic mass is 10.0. The molecule has 1 aromatic heterocycles. The van der Waals surface area contributed by atoms with Crippen LogP contribution < -0.4 is 4.74 Å². The van der Waals surface area contributed by atoms with E-state index in [1.54, 1.807) is 7.11 Å². The Morgan fingerprint density at radius 3 is 2.47 bits per heavy atom. The molecule has 0 N–H and O–H groups in total. The lowest BCUT2D eigenvalue weighted by molar-refractivity contribution is -0.147. The van der Waals surface area contributed by atoms with Crippen molar-refractivity contribution in [2.24, 2.45) is 5.92 Å². The highest BCUT2D eigenvalue weighted by Crippen LogP contribution is 2.31. The molecule has 154 valence electrons. The first-order valence-electron chi connectivity index (χ1n) is 10.0. The van der Waals surface area contributed by atoms with E-state index in [2.05, 4.69) is 16.7 Å². The van der Waals surface area contributed by atoms with Gasteiger partial charge in [0.1, 0.15) is 5.75 Å². The van der Waals surface area contributed by atoms with Gasteiger partial charge in [-0.3, -0.25) is 4.79 Å². The maximum absolute atomic E-state index is 12.2. The van der Waals surface area contributed by atoms with E-state index < -0.39 is 0 Å². The molecule has 0 aliphatic heterocycles. The SMILES string of the molecule is CCOC(=O)C(C)Cc1ccc(-c2ccc(OC)cc2)n1-c1ccc(C#N)cc1C. The first-order valence-corrected chi connectivity index (χ1v) is 10.0. The molecule has 3 aromatic rings. The Kier molecular flexibility index (Phi) is 6.58. The van der Waals surface area contributed by atoms with Crippen LogP contribution in [-0.4, -0.2) is 24.3 Å². The molecule has 5 heteroatoms. The second kappa shape index (κ2) is 9.32. The smallest absolute Gasteiger partial charge is 0.309 e. The van der Waals surface area contributed by atoms with E-state index in [0.29, 0.717) is 18.6 Å². The maximum Gasteiger partial charge on any atom is 0.309 e. The fourth-order valence-electron chi connectivity index (χ4n) is 3.57. The molecular formula is C25H26N2O3. The number of nitrogens with zero attached hydrogens (tertiary/aromatic N) is 2. The summed E-state index contributed by atoms with van der Waals surface area (Å²) in [6.45, 7) is 6.06. The van der Waals surface area contributed by atoms with E-state index in [1.807, 2.05) is 69.3 Å². The number of rotatable bonds is 7. The van der Waals surface area contributed by atoms with Crippen LogP contribution in [0.2, 0.25) is 0 Å². The zero-order valence-corrected chi connectivity index (χ0v) is 17.8. The van der Waals surface area contributed by atoms with Gasteiger partial charge in [-0.1, -0.05) is 6.92 Å². The van der Waals surface area contributed by atoms with E-state index >= 15 is 0 Å². The third kappa shape index (κ3) is 4.38. The second-order valence-corrected chi connectivity index (χ2v) is 7.24. The van der Waals surface area contributed by atoms with Gasteiger partial charge in [-0.25, -0.2) is 0 Å². The normalized spacial score (nSPS) is 11.6. The largest absolute Gasteiger partial charge is 0.497 e. The number of hydrogen-bond donors (Lipinski definition) is 0. The fourth-order valence-corrected chi connectivity index (χ4v) is 3.57. The number of methoxy groups -OCH3 is 1. The molecule has 3 rings (SSSR count). The third-order valence-electron chi connectivity index (χ3n) is 5.12. The standard InChI is InChI=1S/C25H26N2O3/c1-5-30-25(28)18(3)15-21-9-13-24(20-7-10-22(29-4)11-8-20)27(21)23-12-6-19(16-26)14-17(23)2/h6-14,18H,5,15H2,1-4H3. The Morgan fingerprint density at radius 1 is 1.13 bits per heavy atom. The lowest BCUT2D eigenvalue weighted by Crippen LogP contribution is -2.18. The lowest BCUT2D eigenvalue weighted by Gasteiger charge is -2.18. The van der Waals surface area contributed by atoms with E-state index in [-0.39, 0.29) is 11.9 Å². The van der Waals surface area contributed by atoms with Crippen LogP contribution in [0.1, 0.15) is 30.7 Å². The van der Waals surface area contributed by atoms with Crippen LogP contribution in [0.25, 0.3) is 16.9 Å². The highest BCUT2D eigenvalue weighted by molar-refractivity contribution is 5.73. The van der Waals surface area contributed by atoms with Crippen LogP contribution in [0.5, 0.6) is 5.75 Å². The van der Waals surface area contributed by atoms with Gasteiger partial charge in [-0.15, -0.1) is 0 Å².